The van der Waals surface area contributed by atoms with E-state index >= 15 is 0 Å². The van der Waals surface area contributed by atoms with E-state index < -0.39 is 24.1 Å². The summed E-state index contributed by atoms with van der Waals surface area (Å²) >= 11 is 0. The highest BCUT2D eigenvalue weighted by atomic mass is 19.2. The van der Waals surface area contributed by atoms with E-state index in [1.807, 2.05) is 0 Å². The van der Waals surface area contributed by atoms with Gasteiger partial charge in [-0.3, -0.25) is 0 Å². The lowest BCUT2D eigenvalue weighted by Crippen LogP contribution is -2.13. The summed E-state index contributed by atoms with van der Waals surface area (Å²) in [5, 5.41) is 0. The molecule has 0 heterocycles. The molecule has 0 atom stereocenters. The van der Waals surface area contributed by atoms with E-state index in [2.05, 4.69) is 24.3 Å². The molecule has 1 saturated carbocycles. The highest BCUT2D eigenvalue weighted by molar-refractivity contribution is 5.32. The zero-order chi connectivity index (χ0) is 22.9. The second kappa shape index (κ2) is 12.1. The van der Waals surface area contributed by atoms with Crippen LogP contribution in [-0.2, 0) is 12.8 Å². The van der Waals surface area contributed by atoms with Gasteiger partial charge in [-0.25, -0.2) is 13.2 Å². The van der Waals surface area contributed by atoms with Gasteiger partial charge in [-0.2, -0.15) is 4.39 Å². The quantitative estimate of drug-likeness (QED) is 0.334. The van der Waals surface area contributed by atoms with Crippen molar-refractivity contribution in [2.75, 3.05) is 13.3 Å². The van der Waals surface area contributed by atoms with E-state index in [1.165, 1.54) is 17.7 Å². The van der Waals surface area contributed by atoms with E-state index in [0.29, 0.717) is 43.3 Å². The van der Waals surface area contributed by atoms with Gasteiger partial charge in [0, 0.05) is 0 Å². The zero-order valence-electron chi connectivity index (χ0n) is 18.7. The summed E-state index contributed by atoms with van der Waals surface area (Å²) in [5.41, 5.74) is 2.77. The van der Waals surface area contributed by atoms with E-state index in [9.17, 15) is 17.6 Å². The van der Waals surface area contributed by atoms with Crippen molar-refractivity contribution < 1.29 is 22.3 Å². The van der Waals surface area contributed by atoms with Crippen LogP contribution in [-0.4, -0.2) is 13.3 Å². The predicted octanol–water partition coefficient (Wildman–Crippen LogP) is 8.03. The van der Waals surface area contributed by atoms with Gasteiger partial charge in [0.25, 0.3) is 0 Å². The third kappa shape index (κ3) is 6.60. The minimum Gasteiger partial charge on any atom is -0.491 e. The van der Waals surface area contributed by atoms with Crippen LogP contribution in [0.25, 0.3) is 0 Å². The molecule has 3 rings (SSSR count). The normalized spacial score (nSPS) is 19.2. The monoisotopic (exact) mass is 448 g/mol. The predicted molar refractivity (Wildman–Crippen MR) is 120 cm³/mol. The lowest BCUT2D eigenvalue weighted by Gasteiger charge is -2.28. The Morgan fingerprint density at radius 2 is 1.69 bits per heavy atom. The van der Waals surface area contributed by atoms with Crippen molar-refractivity contribution >= 4 is 0 Å². The molecule has 0 radical (unpaired) electrons. The van der Waals surface area contributed by atoms with Crippen molar-refractivity contribution in [3.63, 3.8) is 0 Å². The van der Waals surface area contributed by atoms with Crippen LogP contribution in [0.2, 0.25) is 0 Å². The van der Waals surface area contributed by atoms with Gasteiger partial charge in [-0.15, -0.1) is 0 Å². The highest BCUT2D eigenvalue weighted by Gasteiger charge is 2.22. The van der Waals surface area contributed by atoms with E-state index in [-0.39, 0.29) is 5.75 Å². The third-order valence-corrected chi connectivity index (χ3v) is 6.48. The first-order chi connectivity index (χ1) is 15.5. The first kappa shape index (κ1) is 24.3. The lowest BCUT2D eigenvalue weighted by atomic mass is 9.77. The molecule has 2 aromatic carbocycles. The van der Waals surface area contributed by atoms with Crippen molar-refractivity contribution in [2.24, 2.45) is 5.92 Å². The first-order valence-electron chi connectivity index (χ1n) is 11.6. The molecule has 0 N–H and O–H groups in total. The van der Waals surface area contributed by atoms with Crippen molar-refractivity contribution in [1.82, 2.24) is 0 Å². The second-order valence-electron chi connectivity index (χ2n) is 8.60. The van der Waals surface area contributed by atoms with Gasteiger partial charge < -0.3 is 4.74 Å². The largest absolute Gasteiger partial charge is 0.491 e. The molecule has 0 aromatic heterocycles. The summed E-state index contributed by atoms with van der Waals surface area (Å²) in [6.45, 7) is 1.02. The molecular weight excluding hydrogens is 416 g/mol. The Hall–Kier alpha value is -2.30. The van der Waals surface area contributed by atoms with Crippen molar-refractivity contribution in [1.29, 1.82) is 0 Å². The number of halogens is 4. The average Bonchev–Trinajstić information content (AvgIpc) is 2.82. The van der Waals surface area contributed by atoms with Crippen LogP contribution in [0.15, 0.2) is 48.3 Å². The summed E-state index contributed by atoms with van der Waals surface area (Å²) < 4.78 is 58.4. The molecule has 0 saturated heterocycles. The topological polar surface area (TPSA) is 9.23 Å². The molecule has 1 aliphatic carbocycles. The Morgan fingerprint density at radius 1 is 0.969 bits per heavy atom. The Labute approximate surface area is 188 Å². The molecule has 0 aliphatic heterocycles. The standard InChI is InChI=1S/C27H32F4O/c1-2-32-25-17-16-23(26(30)27(25)31)15-10-20-8-13-22(14-9-20)21-11-6-19(7-12-21)4-3-5-24(29)18-28/h5,8-9,13-14,16-17,19,21H,2-4,6-7,10-12,15,18H2,1H3/b24-5-. The minimum atomic E-state index is -1.01. The molecule has 0 amide bonds. The molecule has 1 fully saturated rings. The maximum absolute atomic E-state index is 14.3. The van der Waals surface area contributed by atoms with Crippen LogP contribution < -0.4 is 4.74 Å². The maximum Gasteiger partial charge on any atom is 0.200 e. The average molecular weight is 449 g/mol. The second-order valence-corrected chi connectivity index (χ2v) is 8.60. The Morgan fingerprint density at radius 3 is 2.34 bits per heavy atom. The first-order valence-corrected chi connectivity index (χ1v) is 11.6. The fourth-order valence-corrected chi connectivity index (χ4v) is 4.58. The van der Waals surface area contributed by atoms with Crippen molar-refractivity contribution in [2.45, 2.75) is 64.2 Å². The number of hydrogen-bond acceptors (Lipinski definition) is 1. The van der Waals surface area contributed by atoms with Gasteiger partial charge in [-0.05, 0) is 92.9 Å². The molecule has 32 heavy (non-hydrogen) atoms. The van der Waals surface area contributed by atoms with E-state index in [4.69, 9.17) is 4.74 Å². The molecule has 2 aromatic rings. The number of rotatable bonds is 10. The van der Waals surface area contributed by atoms with Gasteiger partial charge in [0.2, 0.25) is 5.82 Å². The summed E-state index contributed by atoms with van der Waals surface area (Å²) in [6.07, 6.45) is 8.41. The smallest absolute Gasteiger partial charge is 0.200 e. The number of benzene rings is 2. The van der Waals surface area contributed by atoms with Crippen molar-refractivity contribution in [3.05, 3.63) is 76.6 Å². The van der Waals surface area contributed by atoms with E-state index in [0.717, 1.165) is 37.7 Å². The summed E-state index contributed by atoms with van der Waals surface area (Å²) in [5.74, 6) is -1.34. The Kier molecular flexibility index (Phi) is 9.19. The molecule has 0 bridgehead atoms. The number of hydrogen-bond donors (Lipinski definition) is 0. The number of aryl methyl sites for hydroxylation is 2. The van der Waals surface area contributed by atoms with Crippen LogP contribution in [0.4, 0.5) is 17.6 Å². The molecule has 1 nitrogen and oxygen atoms in total. The van der Waals surface area contributed by atoms with E-state index in [1.54, 1.807) is 13.0 Å². The van der Waals surface area contributed by atoms with Gasteiger partial charge in [0.05, 0.1) is 6.61 Å². The van der Waals surface area contributed by atoms with Crippen LogP contribution in [0.1, 0.15) is 68.1 Å². The number of allylic oxidation sites excluding steroid dienone is 2. The number of alkyl halides is 1. The summed E-state index contributed by atoms with van der Waals surface area (Å²) in [7, 11) is 0. The molecule has 174 valence electrons. The van der Waals surface area contributed by atoms with Gasteiger partial charge in [-0.1, -0.05) is 36.4 Å². The van der Waals surface area contributed by atoms with Crippen LogP contribution in [0, 0.1) is 17.6 Å². The van der Waals surface area contributed by atoms with Gasteiger partial charge in [0.1, 0.15) is 12.5 Å². The molecule has 1 aliphatic rings. The number of ether oxygens (including phenoxy) is 1. The van der Waals surface area contributed by atoms with Crippen LogP contribution in [0.3, 0.4) is 0 Å². The zero-order valence-corrected chi connectivity index (χ0v) is 18.7. The summed E-state index contributed by atoms with van der Waals surface area (Å²) in [6, 6.07) is 11.5. The minimum absolute atomic E-state index is 0.0452. The Bertz CT molecular complexity index is 883. The molecule has 0 unspecified atom stereocenters. The van der Waals surface area contributed by atoms with Crippen LogP contribution in [0.5, 0.6) is 5.75 Å². The molecular formula is C27H32F4O. The summed E-state index contributed by atoms with van der Waals surface area (Å²) in [4.78, 5) is 0. The fourth-order valence-electron chi connectivity index (χ4n) is 4.58. The lowest BCUT2D eigenvalue weighted by molar-refractivity contribution is 0.311. The fraction of sp³-hybridized carbons (Fsp3) is 0.481. The molecule has 5 heteroatoms. The SMILES string of the molecule is CCOc1ccc(CCc2ccc(C3CCC(CC/C=C(\F)CF)CC3)cc2)c(F)c1F. The van der Waals surface area contributed by atoms with Gasteiger partial charge >= 0.3 is 0 Å². The van der Waals surface area contributed by atoms with Gasteiger partial charge in [0.15, 0.2) is 11.6 Å². The van der Waals surface area contributed by atoms with Crippen LogP contribution >= 0.6 is 0 Å². The highest BCUT2D eigenvalue weighted by Crippen LogP contribution is 2.37. The molecule has 0 spiro atoms. The Balaban J connectivity index is 1.48. The van der Waals surface area contributed by atoms with Crippen molar-refractivity contribution in [3.8, 4) is 5.75 Å². The third-order valence-electron chi connectivity index (χ3n) is 6.48. The maximum atomic E-state index is 14.3.